The predicted molar refractivity (Wildman–Crippen MR) is 113 cm³/mol. The zero-order chi connectivity index (χ0) is 19.0. The molecule has 1 atom stereocenters. The van der Waals surface area contributed by atoms with Crippen LogP contribution in [0.15, 0.2) is 4.99 Å². The Bertz CT molecular complexity index is 456. The third kappa shape index (κ3) is 8.72. The number of alkyl halides is 3. The van der Waals surface area contributed by atoms with Crippen molar-refractivity contribution in [3.05, 3.63) is 0 Å². The number of ether oxygens (including phenoxy) is 1. The third-order valence-electron chi connectivity index (χ3n) is 5.43. The second kappa shape index (κ2) is 11.6. The van der Waals surface area contributed by atoms with Gasteiger partial charge in [-0.15, -0.1) is 24.0 Å². The highest BCUT2D eigenvalue weighted by Crippen LogP contribution is 2.41. The summed E-state index contributed by atoms with van der Waals surface area (Å²) >= 11 is 0. The molecule has 1 saturated heterocycles. The third-order valence-corrected chi connectivity index (χ3v) is 5.43. The predicted octanol–water partition coefficient (Wildman–Crippen LogP) is 3.39. The maximum atomic E-state index is 12.5. The van der Waals surface area contributed by atoms with E-state index < -0.39 is 12.7 Å². The van der Waals surface area contributed by atoms with Gasteiger partial charge in [-0.05, 0) is 38.0 Å². The highest BCUT2D eigenvalue weighted by Gasteiger charge is 2.35. The molecule has 2 N–H and O–H groups in total. The highest BCUT2D eigenvalue weighted by atomic mass is 127. The first kappa shape index (κ1) is 24.7. The lowest BCUT2D eigenvalue weighted by Crippen LogP contribution is -2.45. The Balaban J connectivity index is 0.00000364. The van der Waals surface area contributed by atoms with Crippen LogP contribution in [0.5, 0.6) is 0 Å². The molecule has 160 valence electrons. The molecule has 1 aliphatic carbocycles. The zero-order valence-corrected chi connectivity index (χ0v) is 18.7. The number of guanidine groups is 1. The first-order valence-electron chi connectivity index (χ1n) is 9.69. The van der Waals surface area contributed by atoms with Crippen molar-refractivity contribution in [2.75, 3.05) is 46.4 Å². The molecule has 5 nitrogen and oxygen atoms in total. The van der Waals surface area contributed by atoms with Gasteiger partial charge in [-0.3, -0.25) is 9.89 Å². The van der Waals surface area contributed by atoms with E-state index in [1.165, 1.54) is 30.6 Å². The lowest BCUT2D eigenvalue weighted by atomic mass is 9.83. The molecule has 0 aromatic rings. The van der Waals surface area contributed by atoms with Crippen LogP contribution < -0.4 is 10.6 Å². The molecule has 1 aliphatic heterocycles. The number of aliphatic imine (C=N–C) groups is 1. The average Bonchev–Trinajstić information content (AvgIpc) is 3.20. The van der Waals surface area contributed by atoms with Gasteiger partial charge < -0.3 is 15.4 Å². The SMILES string of the molecule is CCNC(=NCC1(CCOC)CCCC1)NC1CCN(CC(F)(F)F)C1.I. The minimum absolute atomic E-state index is 0. The fourth-order valence-electron chi connectivity index (χ4n) is 4.04. The molecule has 2 rings (SSSR count). The zero-order valence-electron chi connectivity index (χ0n) is 16.4. The summed E-state index contributed by atoms with van der Waals surface area (Å²) < 4.78 is 42.9. The number of methoxy groups -OCH3 is 1. The van der Waals surface area contributed by atoms with E-state index in [4.69, 9.17) is 9.73 Å². The van der Waals surface area contributed by atoms with Gasteiger partial charge in [0.15, 0.2) is 5.96 Å². The number of hydrogen-bond donors (Lipinski definition) is 2. The van der Waals surface area contributed by atoms with E-state index in [9.17, 15) is 13.2 Å². The molecular formula is C18H34F3IN4O. The lowest BCUT2D eigenvalue weighted by molar-refractivity contribution is -0.143. The minimum Gasteiger partial charge on any atom is -0.385 e. The number of nitrogens with one attached hydrogen (secondary N) is 2. The Kier molecular flexibility index (Phi) is 10.7. The van der Waals surface area contributed by atoms with Crippen molar-refractivity contribution in [1.82, 2.24) is 15.5 Å². The summed E-state index contributed by atoms with van der Waals surface area (Å²) in [7, 11) is 1.73. The van der Waals surface area contributed by atoms with Crippen molar-refractivity contribution in [2.24, 2.45) is 10.4 Å². The summed E-state index contributed by atoms with van der Waals surface area (Å²) in [5.74, 6) is 0.718. The normalized spacial score (nSPS) is 23.3. The van der Waals surface area contributed by atoms with Gasteiger partial charge in [0.25, 0.3) is 0 Å². The molecule has 0 amide bonds. The number of hydrogen-bond acceptors (Lipinski definition) is 3. The molecule has 1 heterocycles. The summed E-state index contributed by atoms with van der Waals surface area (Å²) in [5.41, 5.74) is 0.205. The molecule has 1 saturated carbocycles. The van der Waals surface area contributed by atoms with Crippen LogP contribution in [0.4, 0.5) is 13.2 Å². The van der Waals surface area contributed by atoms with E-state index in [1.807, 2.05) is 6.92 Å². The van der Waals surface area contributed by atoms with E-state index in [2.05, 4.69) is 10.6 Å². The van der Waals surface area contributed by atoms with Crippen LogP contribution in [0, 0.1) is 5.41 Å². The average molecular weight is 506 g/mol. The Morgan fingerprint density at radius 2 is 2.00 bits per heavy atom. The van der Waals surface area contributed by atoms with Gasteiger partial charge in [-0.1, -0.05) is 12.8 Å². The smallest absolute Gasteiger partial charge is 0.385 e. The summed E-state index contributed by atoms with van der Waals surface area (Å²) in [6, 6.07) is 0.00801. The van der Waals surface area contributed by atoms with Gasteiger partial charge in [0.1, 0.15) is 0 Å². The van der Waals surface area contributed by atoms with Crippen molar-refractivity contribution in [2.45, 2.75) is 57.7 Å². The van der Waals surface area contributed by atoms with Crippen molar-refractivity contribution in [3.8, 4) is 0 Å². The summed E-state index contributed by atoms with van der Waals surface area (Å²) in [5, 5.41) is 6.57. The molecular weight excluding hydrogens is 472 g/mol. The van der Waals surface area contributed by atoms with E-state index in [1.54, 1.807) is 7.11 Å². The van der Waals surface area contributed by atoms with Crippen LogP contribution >= 0.6 is 24.0 Å². The minimum atomic E-state index is -4.14. The first-order chi connectivity index (χ1) is 12.4. The van der Waals surface area contributed by atoms with Crippen molar-refractivity contribution < 1.29 is 17.9 Å². The second-order valence-electron chi connectivity index (χ2n) is 7.63. The van der Waals surface area contributed by atoms with Crippen LogP contribution in [-0.2, 0) is 4.74 Å². The molecule has 0 radical (unpaired) electrons. The summed E-state index contributed by atoms with van der Waals surface area (Å²) in [6.45, 7) is 4.25. The van der Waals surface area contributed by atoms with Gasteiger partial charge in [-0.2, -0.15) is 13.2 Å². The quantitative estimate of drug-likeness (QED) is 0.301. The number of likely N-dealkylation sites (tertiary alicyclic amines) is 1. The maximum Gasteiger partial charge on any atom is 0.401 e. The van der Waals surface area contributed by atoms with Crippen LogP contribution in [-0.4, -0.2) is 69.5 Å². The van der Waals surface area contributed by atoms with Crippen LogP contribution in [0.3, 0.4) is 0 Å². The Morgan fingerprint density at radius 1 is 1.30 bits per heavy atom. The standard InChI is InChI=1S/C18H33F3N4O.HI/c1-3-22-16(23-13-17(9-11-26-2)7-4-5-8-17)24-15-6-10-25(12-15)14-18(19,20)21;/h15H,3-14H2,1-2H3,(H2,22,23,24);1H. The fraction of sp³-hybridized carbons (Fsp3) is 0.944. The van der Waals surface area contributed by atoms with Gasteiger partial charge in [0.2, 0.25) is 0 Å². The molecule has 0 spiro atoms. The van der Waals surface area contributed by atoms with Gasteiger partial charge >= 0.3 is 6.18 Å². The first-order valence-corrected chi connectivity index (χ1v) is 9.69. The van der Waals surface area contributed by atoms with E-state index >= 15 is 0 Å². The molecule has 0 aromatic carbocycles. The Hall–Kier alpha value is -0.290. The Morgan fingerprint density at radius 3 is 2.59 bits per heavy atom. The summed E-state index contributed by atoms with van der Waals surface area (Å²) in [4.78, 5) is 6.24. The van der Waals surface area contributed by atoms with Gasteiger partial charge in [0.05, 0.1) is 6.54 Å². The maximum absolute atomic E-state index is 12.5. The Labute approximate surface area is 177 Å². The van der Waals surface area contributed by atoms with Crippen LogP contribution in [0.2, 0.25) is 0 Å². The molecule has 0 aromatic heterocycles. The molecule has 2 fully saturated rings. The monoisotopic (exact) mass is 506 g/mol. The van der Waals surface area contributed by atoms with E-state index in [-0.39, 0.29) is 35.4 Å². The van der Waals surface area contributed by atoms with Crippen LogP contribution in [0.25, 0.3) is 0 Å². The molecule has 27 heavy (non-hydrogen) atoms. The van der Waals surface area contributed by atoms with Gasteiger partial charge in [0, 0.05) is 45.9 Å². The van der Waals surface area contributed by atoms with Crippen molar-refractivity contribution in [3.63, 3.8) is 0 Å². The van der Waals surface area contributed by atoms with E-state index in [0.29, 0.717) is 19.5 Å². The topological polar surface area (TPSA) is 48.9 Å². The van der Waals surface area contributed by atoms with E-state index in [0.717, 1.165) is 32.1 Å². The molecule has 0 bridgehead atoms. The second-order valence-corrected chi connectivity index (χ2v) is 7.63. The number of nitrogens with zero attached hydrogens (tertiary/aromatic N) is 2. The van der Waals surface area contributed by atoms with Crippen molar-refractivity contribution in [1.29, 1.82) is 0 Å². The van der Waals surface area contributed by atoms with Gasteiger partial charge in [-0.25, -0.2) is 0 Å². The van der Waals surface area contributed by atoms with Crippen molar-refractivity contribution >= 4 is 29.9 Å². The number of halogens is 4. The molecule has 2 aliphatic rings. The molecule has 1 unspecified atom stereocenters. The lowest BCUT2D eigenvalue weighted by Gasteiger charge is -2.27. The van der Waals surface area contributed by atoms with Crippen LogP contribution in [0.1, 0.15) is 45.4 Å². The highest BCUT2D eigenvalue weighted by molar-refractivity contribution is 14.0. The largest absolute Gasteiger partial charge is 0.401 e. The molecule has 9 heteroatoms. The number of rotatable bonds is 8. The summed E-state index contributed by atoms with van der Waals surface area (Å²) in [6.07, 6.45) is 2.38. The fourth-order valence-corrected chi connectivity index (χ4v) is 4.04.